The molecule has 126 valence electrons. The second-order valence-corrected chi connectivity index (χ2v) is 8.94. The van der Waals surface area contributed by atoms with Crippen LogP contribution in [0.15, 0.2) is 22.7 Å². The molecule has 1 aliphatic rings. The summed E-state index contributed by atoms with van der Waals surface area (Å²) in [4.78, 5) is 12.4. The number of carbonyl (C=O) groups excluding carboxylic acids is 1. The third-order valence-corrected chi connectivity index (χ3v) is 4.95. The number of nitrogens with one attached hydrogen (secondary N) is 1. The third-order valence-electron chi connectivity index (χ3n) is 4.45. The Kier molecular flexibility index (Phi) is 4.75. The molecule has 1 aromatic rings. The first kappa shape index (κ1) is 18.5. The van der Waals surface area contributed by atoms with Crippen LogP contribution in [0.3, 0.4) is 0 Å². The molecule has 23 heavy (non-hydrogen) atoms. The fraction of sp³-hybridized carbons (Fsp3) is 0.588. The zero-order chi connectivity index (χ0) is 17.6. The highest BCUT2D eigenvalue weighted by atomic mass is 79.9. The number of halogens is 1. The summed E-state index contributed by atoms with van der Waals surface area (Å²) in [5.74, 6) is -0.0478. The van der Waals surface area contributed by atoms with E-state index >= 15 is 0 Å². The predicted octanol–water partition coefficient (Wildman–Crippen LogP) is 3.73. The molecule has 1 N–H and O–H groups in total. The van der Waals surface area contributed by atoms with Crippen LogP contribution in [0.25, 0.3) is 0 Å². The van der Waals surface area contributed by atoms with Gasteiger partial charge in [-0.05, 0) is 39.8 Å². The lowest BCUT2D eigenvalue weighted by Gasteiger charge is -2.32. The first-order valence-corrected chi connectivity index (χ1v) is 8.59. The van der Waals surface area contributed by atoms with Gasteiger partial charge in [-0.2, -0.15) is 0 Å². The largest absolute Gasteiger partial charge is 0.496 e. The molecule has 0 unspecified atom stereocenters. The zero-order valence-electron chi connectivity index (χ0n) is 14.9. The van der Waals surface area contributed by atoms with Crippen LogP contribution in [0, 0.1) is 5.41 Å². The Balaban J connectivity index is 2.36. The van der Waals surface area contributed by atoms with Gasteiger partial charge >= 0.3 is 7.12 Å². The summed E-state index contributed by atoms with van der Waals surface area (Å²) in [6.07, 6.45) is 0. The van der Waals surface area contributed by atoms with Crippen molar-refractivity contribution >= 4 is 40.1 Å². The van der Waals surface area contributed by atoms with Gasteiger partial charge in [-0.15, -0.1) is 0 Å². The van der Waals surface area contributed by atoms with Crippen LogP contribution in [0.4, 0.5) is 5.69 Å². The van der Waals surface area contributed by atoms with Crippen LogP contribution >= 0.6 is 15.9 Å². The van der Waals surface area contributed by atoms with Gasteiger partial charge in [-0.25, -0.2) is 0 Å². The maximum Gasteiger partial charge on any atom is 0.496 e. The topological polar surface area (TPSA) is 47.6 Å². The van der Waals surface area contributed by atoms with Gasteiger partial charge in [-0.1, -0.05) is 42.8 Å². The lowest BCUT2D eigenvalue weighted by atomic mass is 9.77. The van der Waals surface area contributed by atoms with E-state index < -0.39 is 23.7 Å². The fourth-order valence-corrected chi connectivity index (χ4v) is 2.48. The first-order valence-electron chi connectivity index (χ1n) is 7.80. The SMILES string of the molecule is CC(C)(C)C(=O)Nc1cc(Br)ccc1B1OC(C)(C)C(C)(C)O1. The summed E-state index contributed by atoms with van der Waals surface area (Å²) in [5.41, 5.74) is 0.212. The van der Waals surface area contributed by atoms with Crippen molar-refractivity contribution in [1.29, 1.82) is 0 Å². The predicted molar refractivity (Wildman–Crippen MR) is 97.9 cm³/mol. The van der Waals surface area contributed by atoms with Crippen molar-refractivity contribution in [3.63, 3.8) is 0 Å². The first-order chi connectivity index (χ1) is 10.3. The lowest BCUT2D eigenvalue weighted by molar-refractivity contribution is -0.123. The molecule has 4 nitrogen and oxygen atoms in total. The van der Waals surface area contributed by atoms with Crippen molar-refractivity contribution in [1.82, 2.24) is 0 Å². The Bertz CT molecular complexity index is 607. The lowest BCUT2D eigenvalue weighted by Crippen LogP contribution is -2.41. The highest BCUT2D eigenvalue weighted by molar-refractivity contribution is 9.10. The van der Waals surface area contributed by atoms with E-state index in [1.54, 1.807) is 0 Å². The molecular formula is C17H25BBrNO3. The molecule has 0 bridgehead atoms. The average Bonchev–Trinajstić information content (AvgIpc) is 2.57. The highest BCUT2D eigenvalue weighted by Crippen LogP contribution is 2.37. The molecular weight excluding hydrogens is 357 g/mol. The Morgan fingerprint density at radius 2 is 1.65 bits per heavy atom. The smallest absolute Gasteiger partial charge is 0.399 e. The Labute approximate surface area is 147 Å². The minimum Gasteiger partial charge on any atom is -0.399 e. The zero-order valence-corrected chi connectivity index (χ0v) is 16.5. The molecule has 2 rings (SSSR count). The molecule has 1 saturated heterocycles. The number of hydrogen-bond acceptors (Lipinski definition) is 3. The van der Waals surface area contributed by atoms with Crippen molar-refractivity contribution in [3.05, 3.63) is 22.7 Å². The quantitative estimate of drug-likeness (QED) is 0.794. The van der Waals surface area contributed by atoms with E-state index in [2.05, 4.69) is 21.2 Å². The molecule has 1 fully saturated rings. The van der Waals surface area contributed by atoms with E-state index in [1.807, 2.05) is 66.7 Å². The van der Waals surface area contributed by atoms with E-state index in [9.17, 15) is 4.79 Å². The summed E-state index contributed by atoms with van der Waals surface area (Å²) in [6.45, 7) is 13.7. The maximum absolute atomic E-state index is 12.4. The average molecular weight is 382 g/mol. The van der Waals surface area contributed by atoms with Crippen LogP contribution in [0.5, 0.6) is 0 Å². The van der Waals surface area contributed by atoms with Crippen molar-refractivity contribution < 1.29 is 14.1 Å². The molecule has 1 aromatic carbocycles. The van der Waals surface area contributed by atoms with Crippen molar-refractivity contribution in [2.45, 2.75) is 59.7 Å². The molecule has 0 atom stereocenters. The van der Waals surface area contributed by atoms with Crippen LogP contribution in [-0.4, -0.2) is 24.2 Å². The van der Waals surface area contributed by atoms with Gasteiger partial charge in [0.05, 0.1) is 11.2 Å². The third kappa shape index (κ3) is 3.81. The minimum absolute atomic E-state index is 0.0478. The van der Waals surface area contributed by atoms with Crippen LogP contribution in [-0.2, 0) is 14.1 Å². The summed E-state index contributed by atoms with van der Waals surface area (Å²) in [5, 5.41) is 2.99. The van der Waals surface area contributed by atoms with E-state index in [4.69, 9.17) is 9.31 Å². The molecule has 0 radical (unpaired) electrons. The number of rotatable bonds is 2. The van der Waals surface area contributed by atoms with Gasteiger partial charge in [0.25, 0.3) is 0 Å². The van der Waals surface area contributed by atoms with Crippen LogP contribution < -0.4 is 10.8 Å². The molecule has 0 spiro atoms. The van der Waals surface area contributed by atoms with Gasteiger partial charge < -0.3 is 14.6 Å². The molecule has 0 saturated carbocycles. The summed E-state index contributed by atoms with van der Waals surface area (Å²) in [6, 6.07) is 5.72. The van der Waals surface area contributed by atoms with Crippen LogP contribution in [0.2, 0.25) is 0 Å². The molecule has 0 aromatic heterocycles. The van der Waals surface area contributed by atoms with Gasteiger partial charge in [0.15, 0.2) is 0 Å². The maximum atomic E-state index is 12.4. The normalized spacial score (nSPS) is 19.7. The molecule has 1 aliphatic heterocycles. The molecule has 1 heterocycles. The second kappa shape index (κ2) is 5.90. The van der Waals surface area contributed by atoms with Gasteiger partial charge in [0.2, 0.25) is 5.91 Å². The molecule has 6 heteroatoms. The fourth-order valence-electron chi connectivity index (χ4n) is 2.12. The highest BCUT2D eigenvalue weighted by Gasteiger charge is 2.52. The van der Waals surface area contributed by atoms with E-state index in [0.29, 0.717) is 5.69 Å². The number of hydrogen-bond donors (Lipinski definition) is 1. The number of carbonyl (C=O) groups is 1. The number of amides is 1. The van der Waals surface area contributed by atoms with E-state index in [-0.39, 0.29) is 5.91 Å². The number of anilines is 1. The second-order valence-electron chi connectivity index (χ2n) is 8.02. The molecule has 0 aliphatic carbocycles. The van der Waals surface area contributed by atoms with Gasteiger partial charge in [0, 0.05) is 21.0 Å². The summed E-state index contributed by atoms with van der Waals surface area (Å²) < 4.78 is 13.1. The summed E-state index contributed by atoms with van der Waals surface area (Å²) >= 11 is 3.46. The molecule has 1 amide bonds. The van der Waals surface area contributed by atoms with E-state index in [1.165, 1.54) is 0 Å². The van der Waals surface area contributed by atoms with Gasteiger partial charge in [0.1, 0.15) is 0 Å². The monoisotopic (exact) mass is 381 g/mol. The van der Waals surface area contributed by atoms with Crippen molar-refractivity contribution in [3.8, 4) is 0 Å². The number of benzene rings is 1. The standard InChI is InChI=1S/C17H25BBrNO3/c1-15(2,3)14(21)20-13-10-11(19)8-9-12(13)18-22-16(4,5)17(6,7)23-18/h8-10H,1-7H3,(H,20,21). The Morgan fingerprint density at radius 1 is 1.13 bits per heavy atom. The van der Waals surface area contributed by atoms with Crippen molar-refractivity contribution in [2.75, 3.05) is 5.32 Å². The summed E-state index contributed by atoms with van der Waals surface area (Å²) in [7, 11) is -0.511. The Morgan fingerprint density at radius 3 is 2.13 bits per heavy atom. The Hall–Kier alpha value is -0.845. The van der Waals surface area contributed by atoms with E-state index in [0.717, 1.165) is 9.94 Å². The van der Waals surface area contributed by atoms with Gasteiger partial charge in [-0.3, -0.25) is 4.79 Å². The van der Waals surface area contributed by atoms with Crippen molar-refractivity contribution in [2.24, 2.45) is 5.41 Å². The van der Waals surface area contributed by atoms with Crippen LogP contribution in [0.1, 0.15) is 48.5 Å². The minimum atomic E-state index is -0.511.